The lowest BCUT2D eigenvalue weighted by Gasteiger charge is -2.06. The van der Waals surface area contributed by atoms with Crippen molar-refractivity contribution in [3.8, 4) is 5.75 Å². The van der Waals surface area contributed by atoms with Crippen LogP contribution >= 0.6 is 8.25 Å². The van der Waals surface area contributed by atoms with Gasteiger partial charge >= 0.3 is 13.9 Å². The molecule has 0 saturated carbocycles. The standard InChI is InChI=1S/C14H12NO6P/c16-13(11-6-2-1-3-7-11)10-20-22(19)21-14-9-5-4-8-12(14)15(17)18/h1-9,22H,10H2. The third kappa shape index (κ3) is 4.25. The molecular weight excluding hydrogens is 309 g/mol. The van der Waals surface area contributed by atoms with E-state index < -0.39 is 19.8 Å². The van der Waals surface area contributed by atoms with Crippen molar-refractivity contribution in [1.82, 2.24) is 0 Å². The summed E-state index contributed by atoms with van der Waals surface area (Å²) in [5.74, 6) is -0.520. The smallest absolute Gasteiger partial charge is 0.368 e. The first-order chi connectivity index (χ1) is 10.6. The molecule has 0 heterocycles. The fourth-order valence-electron chi connectivity index (χ4n) is 1.65. The predicted octanol–water partition coefficient (Wildman–Crippen LogP) is 3.26. The van der Waals surface area contributed by atoms with Crippen LogP contribution in [0.25, 0.3) is 0 Å². The van der Waals surface area contributed by atoms with Gasteiger partial charge in [0, 0.05) is 11.6 Å². The van der Waals surface area contributed by atoms with E-state index in [1.54, 1.807) is 30.3 Å². The van der Waals surface area contributed by atoms with Gasteiger partial charge in [-0.3, -0.25) is 19.4 Å². The van der Waals surface area contributed by atoms with E-state index in [4.69, 9.17) is 9.05 Å². The molecule has 2 aromatic carbocycles. The minimum Gasteiger partial charge on any atom is -0.419 e. The summed E-state index contributed by atoms with van der Waals surface area (Å²) in [4.78, 5) is 21.9. The molecule has 114 valence electrons. The molecule has 0 spiro atoms. The molecule has 0 N–H and O–H groups in total. The highest BCUT2D eigenvalue weighted by Gasteiger charge is 2.17. The summed E-state index contributed by atoms with van der Waals surface area (Å²) in [5.41, 5.74) is 0.0989. The molecule has 2 rings (SSSR count). The summed E-state index contributed by atoms with van der Waals surface area (Å²) in [6.07, 6.45) is 0. The first-order valence-electron chi connectivity index (χ1n) is 6.24. The van der Waals surface area contributed by atoms with Crippen LogP contribution in [-0.4, -0.2) is 17.3 Å². The molecule has 1 unspecified atom stereocenters. The van der Waals surface area contributed by atoms with Gasteiger partial charge in [0.05, 0.1) is 4.92 Å². The van der Waals surface area contributed by atoms with Crippen molar-refractivity contribution < 1.29 is 23.3 Å². The highest BCUT2D eigenvalue weighted by molar-refractivity contribution is 7.33. The predicted molar refractivity (Wildman–Crippen MR) is 79.5 cm³/mol. The van der Waals surface area contributed by atoms with Gasteiger partial charge in [-0.15, -0.1) is 0 Å². The zero-order valence-electron chi connectivity index (χ0n) is 11.3. The Morgan fingerprint density at radius 2 is 1.73 bits per heavy atom. The average molecular weight is 321 g/mol. The topological polar surface area (TPSA) is 95.7 Å². The molecule has 22 heavy (non-hydrogen) atoms. The maximum absolute atomic E-state index is 11.8. The van der Waals surface area contributed by atoms with E-state index in [2.05, 4.69) is 0 Å². The van der Waals surface area contributed by atoms with Gasteiger partial charge in [-0.05, 0) is 6.07 Å². The Balaban J connectivity index is 1.94. The Hall–Kier alpha value is -2.50. The van der Waals surface area contributed by atoms with Crippen LogP contribution in [0.5, 0.6) is 5.75 Å². The Bertz CT molecular complexity index is 703. The van der Waals surface area contributed by atoms with E-state index in [1.165, 1.54) is 24.3 Å². The molecule has 1 atom stereocenters. The number of nitro groups is 1. The minimum absolute atomic E-state index is 0.163. The van der Waals surface area contributed by atoms with Gasteiger partial charge in [0.1, 0.15) is 6.61 Å². The van der Waals surface area contributed by atoms with Crippen molar-refractivity contribution in [2.45, 2.75) is 0 Å². The van der Waals surface area contributed by atoms with Crippen LogP contribution in [0.4, 0.5) is 5.69 Å². The van der Waals surface area contributed by atoms with Gasteiger partial charge < -0.3 is 4.52 Å². The quantitative estimate of drug-likeness (QED) is 0.336. The van der Waals surface area contributed by atoms with Crippen molar-refractivity contribution in [3.63, 3.8) is 0 Å². The summed E-state index contributed by atoms with van der Waals surface area (Å²) < 4.78 is 21.5. The lowest BCUT2D eigenvalue weighted by atomic mass is 10.1. The summed E-state index contributed by atoms with van der Waals surface area (Å²) >= 11 is 0. The van der Waals surface area contributed by atoms with E-state index >= 15 is 0 Å². The van der Waals surface area contributed by atoms with E-state index in [-0.39, 0.29) is 17.2 Å². The van der Waals surface area contributed by atoms with Crippen LogP contribution in [0, 0.1) is 10.1 Å². The number of hydrogen-bond acceptors (Lipinski definition) is 6. The average Bonchev–Trinajstić information content (AvgIpc) is 2.53. The molecule has 0 saturated heterocycles. The summed E-state index contributed by atoms with van der Waals surface area (Å²) in [5, 5.41) is 10.8. The number of nitro benzene ring substituents is 1. The van der Waals surface area contributed by atoms with Crippen LogP contribution in [0.15, 0.2) is 54.6 Å². The molecule has 0 radical (unpaired) electrons. The van der Waals surface area contributed by atoms with Crippen molar-refractivity contribution >= 4 is 19.7 Å². The number of hydrogen-bond donors (Lipinski definition) is 0. The Morgan fingerprint density at radius 1 is 1.09 bits per heavy atom. The zero-order valence-corrected chi connectivity index (χ0v) is 12.3. The number of Topliss-reactive ketones (excluding diaryl/α,β-unsaturated/α-hetero) is 1. The zero-order chi connectivity index (χ0) is 15.9. The molecule has 7 nitrogen and oxygen atoms in total. The van der Waals surface area contributed by atoms with E-state index in [0.29, 0.717) is 5.56 Å². The number of ketones is 1. The van der Waals surface area contributed by atoms with Gasteiger partial charge in [0.25, 0.3) is 0 Å². The third-order valence-corrected chi connectivity index (χ3v) is 3.44. The molecule has 0 aliphatic rings. The molecule has 0 bridgehead atoms. The van der Waals surface area contributed by atoms with Crippen LogP contribution < -0.4 is 4.52 Å². The number of carbonyl (C=O) groups is 1. The molecule has 8 heteroatoms. The highest BCUT2D eigenvalue weighted by atomic mass is 31.1. The lowest BCUT2D eigenvalue weighted by Crippen LogP contribution is -2.06. The van der Waals surface area contributed by atoms with Crippen LogP contribution in [0.1, 0.15) is 10.4 Å². The molecule has 2 aromatic rings. The van der Waals surface area contributed by atoms with E-state index in [0.717, 1.165) is 0 Å². The van der Waals surface area contributed by atoms with Gasteiger partial charge in [-0.25, -0.2) is 4.57 Å². The Morgan fingerprint density at radius 3 is 2.41 bits per heavy atom. The van der Waals surface area contributed by atoms with Gasteiger partial charge in [0.2, 0.25) is 5.75 Å². The number of nitrogens with zero attached hydrogens (tertiary/aromatic N) is 1. The van der Waals surface area contributed by atoms with Crippen molar-refractivity contribution in [2.24, 2.45) is 0 Å². The van der Waals surface area contributed by atoms with Crippen LogP contribution in [-0.2, 0) is 9.09 Å². The van der Waals surface area contributed by atoms with Crippen molar-refractivity contribution in [3.05, 3.63) is 70.3 Å². The SMILES string of the molecule is O=C(CO[PH](=O)Oc1ccccc1[N+](=O)[O-])c1ccccc1. The fourth-order valence-corrected chi connectivity index (χ4v) is 2.31. The largest absolute Gasteiger partial charge is 0.419 e. The van der Waals surface area contributed by atoms with Gasteiger partial charge in [-0.2, -0.15) is 0 Å². The molecular formula is C14H12NO6P. The Kier molecular flexibility index (Phi) is 5.41. The summed E-state index contributed by atoms with van der Waals surface area (Å²) in [6, 6.07) is 13.9. The van der Waals surface area contributed by atoms with E-state index in [9.17, 15) is 19.5 Å². The van der Waals surface area contributed by atoms with Crippen molar-refractivity contribution in [2.75, 3.05) is 6.61 Å². The second-order valence-corrected chi connectivity index (χ2v) is 5.15. The van der Waals surface area contributed by atoms with Crippen LogP contribution in [0.2, 0.25) is 0 Å². The molecule has 0 aliphatic heterocycles. The van der Waals surface area contributed by atoms with Crippen molar-refractivity contribution in [1.29, 1.82) is 0 Å². The van der Waals surface area contributed by atoms with Crippen LogP contribution in [0.3, 0.4) is 0 Å². The summed E-state index contributed by atoms with van der Waals surface area (Å²) in [6.45, 7) is -0.428. The second-order valence-electron chi connectivity index (χ2n) is 4.15. The third-order valence-electron chi connectivity index (χ3n) is 2.67. The van der Waals surface area contributed by atoms with Gasteiger partial charge in [-0.1, -0.05) is 42.5 Å². The maximum Gasteiger partial charge on any atom is 0.368 e. The number of para-hydroxylation sites is 2. The molecule has 0 fully saturated rings. The Labute approximate surface area is 126 Å². The lowest BCUT2D eigenvalue weighted by molar-refractivity contribution is -0.385. The fraction of sp³-hybridized carbons (Fsp3) is 0.0714. The normalized spacial score (nSPS) is 11.6. The van der Waals surface area contributed by atoms with E-state index in [1.807, 2.05) is 0 Å². The number of carbonyl (C=O) groups excluding carboxylic acids is 1. The monoisotopic (exact) mass is 321 g/mol. The number of benzene rings is 2. The first-order valence-corrected chi connectivity index (χ1v) is 7.46. The second kappa shape index (κ2) is 7.49. The maximum atomic E-state index is 11.8. The molecule has 0 aliphatic carbocycles. The summed E-state index contributed by atoms with van der Waals surface area (Å²) in [7, 11) is -3.07. The molecule has 0 amide bonds. The first kappa shape index (κ1) is 15.9. The minimum atomic E-state index is -3.07. The molecule has 0 aromatic heterocycles. The number of rotatable bonds is 7. The van der Waals surface area contributed by atoms with Gasteiger partial charge in [0.15, 0.2) is 5.78 Å². The highest BCUT2D eigenvalue weighted by Crippen LogP contribution is 2.34.